The smallest absolute Gasteiger partial charge is 0.411 e. The molecule has 7 heteroatoms. The Kier molecular flexibility index (Phi) is 4.04. The van der Waals surface area contributed by atoms with E-state index in [1.165, 1.54) is 12.3 Å². The van der Waals surface area contributed by atoms with E-state index in [0.29, 0.717) is 0 Å². The molecule has 1 aromatic rings. The standard InChI is InChI=1S/C10H10N2O5/c1-2-3-17-10(16)12-6-4-7(9(14)15)8(13)11-5-6/h2,4-5H,1,3H2,(H,11,13)(H,12,16)(H,14,15). The highest BCUT2D eigenvalue weighted by Crippen LogP contribution is 2.05. The third kappa shape index (κ3) is 3.49. The summed E-state index contributed by atoms with van der Waals surface area (Å²) in [5, 5.41) is 10.9. The Balaban J connectivity index is 2.82. The van der Waals surface area contributed by atoms with Crippen LogP contribution in [0.1, 0.15) is 10.4 Å². The molecule has 0 saturated heterocycles. The van der Waals surface area contributed by atoms with E-state index >= 15 is 0 Å². The van der Waals surface area contributed by atoms with Gasteiger partial charge in [0.2, 0.25) is 0 Å². The van der Waals surface area contributed by atoms with Crippen LogP contribution in [0.2, 0.25) is 0 Å². The van der Waals surface area contributed by atoms with Gasteiger partial charge in [0, 0.05) is 6.20 Å². The Bertz CT molecular complexity index is 506. The molecule has 0 unspecified atom stereocenters. The third-order valence-electron chi connectivity index (χ3n) is 1.71. The molecule has 1 heterocycles. The van der Waals surface area contributed by atoms with Gasteiger partial charge in [-0.25, -0.2) is 9.59 Å². The van der Waals surface area contributed by atoms with Crippen molar-refractivity contribution in [3.05, 3.63) is 40.8 Å². The van der Waals surface area contributed by atoms with Crippen molar-refractivity contribution in [1.82, 2.24) is 4.98 Å². The van der Waals surface area contributed by atoms with Crippen molar-refractivity contribution >= 4 is 17.7 Å². The Labute approximate surface area is 95.7 Å². The predicted molar refractivity (Wildman–Crippen MR) is 59.2 cm³/mol. The summed E-state index contributed by atoms with van der Waals surface area (Å²) in [6, 6.07) is 1.04. The molecule has 0 aliphatic rings. The monoisotopic (exact) mass is 238 g/mol. The first kappa shape index (κ1) is 12.5. The molecule has 0 bridgehead atoms. The highest BCUT2D eigenvalue weighted by molar-refractivity contribution is 5.90. The van der Waals surface area contributed by atoms with Gasteiger partial charge in [0.1, 0.15) is 12.2 Å². The number of carboxylic acid groups (broad SMARTS) is 1. The number of ether oxygens (including phenoxy) is 1. The van der Waals surface area contributed by atoms with Crippen LogP contribution < -0.4 is 10.9 Å². The van der Waals surface area contributed by atoms with Gasteiger partial charge in [-0.2, -0.15) is 0 Å². The zero-order valence-corrected chi connectivity index (χ0v) is 8.73. The van der Waals surface area contributed by atoms with Crippen molar-refractivity contribution in [3.8, 4) is 0 Å². The van der Waals surface area contributed by atoms with Crippen LogP contribution in [0.4, 0.5) is 10.5 Å². The zero-order chi connectivity index (χ0) is 12.8. The topological polar surface area (TPSA) is 108 Å². The minimum absolute atomic E-state index is 0.0287. The average molecular weight is 238 g/mol. The largest absolute Gasteiger partial charge is 0.477 e. The van der Waals surface area contributed by atoms with E-state index in [-0.39, 0.29) is 12.3 Å². The number of amides is 1. The summed E-state index contributed by atoms with van der Waals surface area (Å²) in [6.45, 7) is 3.39. The van der Waals surface area contributed by atoms with Gasteiger partial charge in [-0.3, -0.25) is 10.1 Å². The third-order valence-corrected chi connectivity index (χ3v) is 1.71. The summed E-state index contributed by atoms with van der Waals surface area (Å²) < 4.78 is 4.62. The molecule has 0 aliphatic carbocycles. The van der Waals surface area contributed by atoms with Crippen LogP contribution in [-0.2, 0) is 4.74 Å². The second kappa shape index (κ2) is 5.50. The molecule has 0 aromatic carbocycles. The van der Waals surface area contributed by atoms with Gasteiger partial charge in [0.25, 0.3) is 5.56 Å². The van der Waals surface area contributed by atoms with Gasteiger partial charge in [0.05, 0.1) is 5.69 Å². The summed E-state index contributed by atoms with van der Waals surface area (Å²) in [6.07, 6.45) is 1.78. The van der Waals surface area contributed by atoms with Crippen LogP contribution in [0.15, 0.2) is 29.7 Å². The number of rotatable bonds is 4. The Morgan fingerprint density at radius 3 is 2.88 bits per heavy atom. The second-order valence-corrected chi connectivity index (χ2v) is 2.95. The highest BCUT2D eigenvalue weighted by atomic mass is 16.5. The van der Waals surface area contributed by atoms with Gasteiger partial charge in [-0.15, -0.1) is 0 Å². The summed E-state index contributed by atoms with van der Waals surface area (Å²) >= 11 is 0. The molecule has 90 valence electrons. The molecule has 3 N–H and O–H groups in total. The number of carbonyl (C=O) groups is 2. The lowest BCUT2D eigenvalue weighted by Crippen LogP contribution is -2.19. The summed E-state index contributed by atoms with van der Waals surface area (Å²) in [5.41, 5.74) is -1.09. The number of carbonyl (C=O) groups excluding carboxylic acids is 1. The number of hydrogen-bond donors (Lipinski definition) is 3. The lowest BCUT2D eigenvalue weighted by atomic mass is 10.2. The van der Waals surface area contributed by atoms with Crippen LogP contribution in [-0.4, -0.2) is 28.8 Å². The van der Waals surface area contributed by atoms with Gasteiger partial charge < -0.3 is 14.8 Å². The van der Waals surface area contributed by atoms with Crippen molar-refractivity contribution in [2.45, 2.75) is 0 Å². The number of pyridine rings is 1. The average Bonchev–Trinajstić information content (AvgIpc) is 2.28. The first-order valence-electron chi connectivity index (χ1n) is 4.55. The fourth-order valence-corrected chi connectivity index (χ4v) is 1.00. The van der Waals surface area contributed by atoms with Crippen LogP contribution in [0, 0.1) is 0 Å². The van der Waals surface area contributed by atoms with E-state index in [1.54, 1.807) is 0 Å². The fraction of sp³-hybridized carbons (Fsp3) is 0.100. The van der Waals surface area contributed by atoms with Crippen LogP contribution in [0.25, 0.3) is 0 Å². The van der Waals surface area contributed by atoms with E-state index in [0.717, 1.165) is 6.07 Å². The van der Waals surface area contributed by atoms with E-state index in [9.17, 15) is 14.4 Å². The number of H-pyrrole nitrogens is 1. The number of aromatic nitrogens is 1. The number of carboxylic acids is 1. The first-order chi connectivity index (χ1) is 8.04. The second-order valence-electron chi connectivity index (χ2n) is 2.95. The number of aromatic carboxylic acids is 1. The molecular weight excluding hydrogens is 228 g/mol. The first-order valence-corrected chi connectivity index (χ1v) is 4.55. The Morgan fingerprint density at radius 1 is 1.59 bits per heavy atom. The molecule has 0 spiro atoms. The van der Waals surface area contributed by atoms with Crippen LogP contribution >= 0.6 is 0 Å². The normalized spacial score (nSPS) is 9.41. The number of anilines is 1. The molecule has 0 aliphatic heterocycles. The van der Waals surface area contributed by atoms with Crippen molar-refractivity contribution in [3.63, 3.8) is 0 Å². The molecule has 0 atom stereocenters. The van der Waals surface area contributed by atoms with Gasteiger partial charge in [0.15, 0.2) is 0 Å². The van der Waals surface area contributed by atoms with Crippen LogP contribution in [0.5, 0.6) is 0 Å². The molecule has 1 aromatic heterocycles. The summed E-state index contributed by atoms with van der Waals surface area (Å²) in [7, 11) is 0. The maximum absolute atomic E-state index is 11.1. The van der Waals surface area contributed by atoms with Crippen molar-refractivity contribution < 1.29 is 19.4 Å². The van der Waals surface area contributed by atoms with E-state index in [4.69, 9.17) is 5.11 Å². The van der Waals surface area contributed by atoms with Crippen molar-refractivity contribution in [2.24, 2.45) is 0 Å². The lowest BCUT2D eigenvalue weighted by Gasteiger charge is -2.05. The minimum atomic E-state index is -1.38. The molecule has 0 saturated carbocycles. The van der Waals surface area contributed by atoms with Gasteiger partial charge in [-0.05, 0) is 6.07 Å². The van der Waals surface area contributed by atoms with Gasteiger partial charge >= 0.3 is 12.1 Å². The van der Waals surface area contributed by atoms with E-state index in [1.807, 2.05) is 0 Å². The van der Waals surface area contributed by atoms with Crippen LogP contribution in [0.3, 0.4) is 0 Å². The number of aromatic amines is 1. The molecule has 1 rings (SSSR count). The maximum Gasteiger partial charge on any atom is 0.411 e. The molecule has 1 amide bonds. The molecular formula is C10H10N2O5. The zero-order valence-electron chi connectivity index (χ0n) is 8.73. The Hall–Kier alpha value is -2.57. The van der Waals surface area contributed by atoms with E-state index in [2.05, 4.69) is 21.6 Å². The maximum atomic E-state index is 11.1. The predicted octanol–water partition coefficient (Wildman–Crippen LogP) is 0.808. The van der Waals surface area contributed by atoms with Crippen molar-refractivity contribution in [2.75, 3.05) is 11.9 Å². The minimum Gasteiger partial charge on any atom is -0.477 e. The summed E-state index contributed by atoms with van der Waals surface area (Å²) in [4.78, 5) is 35.0. The quantitative estimate of drug-likeness (QED) is 0.672. The summed E-state index contributed by atoms with van der Waals surface area (Å²) in [5.74, 6) is -1.38. The molecule has 0 fully saturated rings. The van der Waals surface area contributed by atoms with E-state index < -0.39 is 23.2 Å². The molecule has 17 heavy (non-hydrogen) atoms. The Morgan fingerprint density at radius 2 is 2.29 bits per heavy atom. The highest BCUT2D eigenvalue weighted by Gasteiger charge is 2.10. The lowest BCUT2D eigenvalue weighted by molar-refractivity contribution is 0.0695. The van der Waals surface area contributed by atoms with Gasteiger partial charge in [-0.1, -0.05) is 12.7 Å². The van der Waals surface area contributed by atoms with Crippen molar-refractivity contribution in [1.29, 1.82) is 0 Å². The number of hydrogen-bond acceptors (Lipinski definition) is 4. The number of nitrogens with one attached hydrogen (secondary N) is 2. The SMILES string of the molecule is C=CCOC(=O)Nc1c[nH]c(=O)c(C(=O)O)c1. The fourth-order valence-electron chi connectivity index (χ4n) is 1.00. The molecule has 0 radical (unpaired) electrons. The molecule has 7 nitrogen and oxygen atoms in total.